The first-order valence-electron chi connectivity index (χ1n) is 6.51. The van der Waals surface area contributed by atoms with Crippen LogP contribution in [0.1, 0.15) is 11.1 Å². The summed E-state index contributed by atoms with van der Waals surface area (Å²) in [6.07, 6.45) is 3.70. The lowest BCUT2D eigenvalue weighted by Gasteiger charge is -2.17. The van der Waals surface area contributed by atoms with Gasteiger partial charge in [-0.15, -0.1) is 0 Å². The lowest BCUT2D eigenvalue weighted by Crippen LogP contribution is -2.24. The Kier molecular flexibility index (Phi) is 4.93. The molecule has 0 radical (unpaired) electrons. The van der Waals surface area contributed by atoms with Crippen LogP contribution in [0.15, 0.2) is 48.8 Å². The number of aromatic nitrogens is 1. The monoisotopic (exact) mass is 256 g/mol. The van der Waals surface area contributed by atoms with Gasteiger partial charge in [-0.05, 0) is 37.2 Å². The fraction of sp³-hybridized carbons (Fsp3) is 0.312. The third-order valence-electron chi connectivity index (χ3n) is 3.00. The predicted octanol–water partition coefficient (Wildman–Crippen LogP) is 2.90. The fourth-order valence-corrected chi connectivity index (χ4v) is 1.91. The molecule has 100 valence electrons. The van der Waals surface area contributed by atoms with E-state index in [2.05, 4.69) is 36.0 Å². The van der Waals surface area contributed by atoms with Crippen molar-refractivity contribution in [3.05, 3.63) is 59.9 Å². The van der Waals surface area contributed by atoms with Crippen molar-refractivity contribution in [1.29, 1.82) is 0 Å². The van der Waals surface area contributed by atoms with Gasteiger partial charge < -0.3 is 4.74 Å². The molecule has 0 aliphatic heterocycles. The zero-order chi connectivity index (χ0) is 13.5. The second kappa shape index (κ2) is 6.90. The summed E-state index contributed by atoms with van der Waals surface area (Å²) in [4.78, 5) is 6.35. The zero-order valence-corrected chi connectivity index (χ0v) is 11.5. The largest absolute Gasteiger partial charge is 0.492 e. The van der Waals surface area contributed by atoms with Crippen molar-refractivity contribution in [2.24, 2.45) is 0 Å². The van der Waals surface area contributed by atoms with E-state index in [4.69, 9.17) is 4.74 Å². The molecule has 0 aliphatic rings. The third kappa shape index (κ3) is 4.38. The van der Waals surface area contributed by atoms with Crippen LogP contribution >= 0.6 is 0 Å². The lowest BCUT2D eigenvalue weighted by molar-refractivity contribution is 0.232. The minimum Gasteiger partial charge on any atom is -0.492 e. The van der Waals surface area contributed by atoms with Gasteiger partial charge in [0.2, 0.25) is 0 Å². The average molecular weight is 256 g/mol. The molecule has 0 saturated carbocycles. The Morgan fingerprint density at radius 1 is 1.16 bits per heavy atom. The minimum absolute atomic E-state index is 0.696. The number of pyridine rings is 1. The molecule has 0 amide bonds. The molecule has 1 heterocycles. The molecule has 0 saturated heterocycles. The third-order valence-corrected chi connectivity index (χ3v) is 3.00. The number of hydrogen-bond donors (Lipinski definition) is 0. The Morgan fingerprint density at radius 2 is 2.00 bits per heavy atom. The number of aryl methyl sites for hydroxylation is 1. The lowest BCUT2D eigenvalue weighted by atomic mass is 10.2. The Morgan fingerprint density at radius 3 is 2.74 bits per heavy atom. The van der Waals surface area contributed by atoms with E-state index < -0.39 is 0 Å². The standard InChI is InChI=1S/C16H20N2O/c1-14-6-3-4-8-16(14)19-11-10-18(2)13-15-7-5-9-17-12-15/h3-9,12H,10-11,13H2,1-2H3. The first kappa shape index (κ1) is 13.6. The summed E-state index contributed by atoms with van der Waals surface area (Å²) in [5, 5.41) is 0. The molecular weight excluding hydrogens is 236 g/mol. The molecule has 1 aromatic carbocycles. The molecule has 0 atom stereocenters. The van der Waals surface area contributed by atoms with Crippen LogP contribution in [0.2, 0.25) is 0 Å². The fourth-order valence-electron chi connectivity index (χ4n) is 1.91. The summed E-state index contributed by atoms with van der Waals surface area (Å²) in [7, 11) is 2.09. The summed E-state index contributed by atoms with van der Waals surface area (Å²) in [6.45, 7) is 4.55. The van der Waals surface area contributed by atoms with Crippen LogP contribution in [0.3, 0.4) is 0 Å². The molecular formula is C16H20N2O. The van der Waals surface area contributed by atoms with E-state index >= 15 is 0 Å². The normalized spacial score (nSPS) is 10.7. The zero-order valence-electron chi connectivity index (χ0n) is 11.5. The predicted molar refractivity (Wildman–Crippen MR) is 77.2 cm³/mol. The average Bonchev–Trinajstić information content (AvgIpc) is 2.42. The van der Waals surface area contributed by atoms with E-state index in [-0.39, 0.29) is 0 Å². The highest BCUT2D eigenvalue weighted by molar-refractivity contribution is 5.31. The van der Waals surface area contributed by atoms with Gasteiger partial charge >= 0.3 is 0 Å². The highest BCUT2D eigenvalue weighted by atomic mass is 16.5. The van der Waals surface area contributed by atoms with Gasteiger partial charge in [-0.1, -0.05) is 24.3 Å². The van der Waals surface area contributed by atoms with E-state index in [1.807, 2.05) is 30.5 Å². The number of likely N-dealkylation sites (N-methyl/N-ethyl adjacent to an activating group) is 1. The van der Waals surface area contributed by atoms with Crippen molar-refractivity contribution in [3.63, 3.8) is 0 Å². The van der Waals surface area contributed by atoms with Gasteiger partial charge in [0.05, 0.1) is 0 Å². The molecule has 0 aliphatic carbocycles. The topological polar surface area (TPSA) is 25.4 Å². The second-order valence-electron chi connectivity index (χ2n) is 4.71. The van der Waals surface area contributed by atoms with E-state index in [0.29, 0.717) is 6.61 Å². The SMILES string of the molecule is Cc1ccccc1OCCN(C)Cc1cccnc1. The Bertz CT molecular complexity index is 499. The minimum atomic E-state index is 0.696. The molecule has 1 aromatic heterocycles. The van der Waals surface area contributed by atoms with Gasteiger partial charge in [-0.2, -0.15) is 0 Å². The van der Waals surface area contributed by atoms with Crippen LogP contribution in [0.5, 0.6) is 5.75 Å². The van der Waals surface area contributed by atoms with Crippen LogP contribution in [0.25, 0.3) is 0 Å². The van der Waals surface area contributed by atoms with Crippen LogP contribution in [-0.4, -0.2) is 30.1 Å². The van der Waals surface area contributed by atoms with Crippen molar-refractivity contribution < 1.29 is 4.74 Å². The van der Waals surface area contributed by atoms with Gasteiger partial charge in [0, 0.05) is 25.5 Å². The first-order valence-corrected chi connectivity index (χ1v) is 6.51. The number of rotatable bonds is 6. The number of ether oxygens (including phenoxy) is 1. The Hall–Kier alpha value is -1.87. The molecule has 0 unspecified atom stereocenters. The van der Waals surface area contributed by atoms with Gasteiger partial charge in [0.1, 0.15) is 12.4 Å². The van der Waals surface area contributed by atoms with Crippen LogP contribution in [-0.2, 0) is 6.54 Å². The molecule has 0 fully saturated rings. The van der Waals surface area contributed by atoms with Gasteiger partial charge in [-0.3, -0.25) is 9.88 Å². The second-order valence-corrected chi connectivity index (χ2v) is 4.71. The summed E-state index contributed by atoms with van der Waals surface area (Å²) in [5.74, 6) is 0.970. The molecule has 0 N–H and O–H groups in total. The molecule has 0 spiro atoms. The Labute approximate surface area is 114 Å². The van der Waals surface area contributed by atoms with Gasteiger partial charge in [-0.25, -0.2) is 0 Å². The Balaban J connectivity index is 1.75. The highest BCUT2D eigenvalue weighted by Gasteiger charge is 2.02. The maximum Gasteiger partial charge on any atom is 0.122 e. The van der Waals surface area contributed by atoms with Crippen LogP contribution in [0.4, 0.5) is 0 Å². The van der Waals surface area contributed by atoms with Crippen molar-refractivity contribution >= 4 is 0 Å². The maximum atomic E-state index is 5.79. The first-order chi connectivity index (χ1) is 9.25. The van der Waals surface area contributed by atoms with E-state index in [1.54, 1.807) is 6.20 Å². The number of nitrogens with zero attached hydrogens (tertiary/aromatic N) is 2. The van der Waals surface area contributed by atoms with E-state index in [1.165, 1.54) is 11.1 Å². The van der Waals surface area contributed by atoms with Gasteiger partial charge in [0.15, 0.2) is 0 Å². The van der Waals surface area contributed by atoms with E-state index in [0.717, 1.165) is 18.8 Å². The van der Waals surface area contributed by atoms with Crippen molar-refractivity contribution in [3.8, 4) is 5.75 Å². The van der Waals surface area contributed by atoms with Crippen molar-refractivity contribution in [2.45, 2.75) is 13.5 Å². The maximum absolute atomic E-state index is 5.79. The van der Waals surface area contributed by atoms with Gasteiger partial charge in [0.25, 0.3) is 0 Å². The molecule has 2 rings (SSSR count). The summed E-state index contributed by atoms with van der Waals surface area (Å²) >= 11 is 0. The summed E-state index contributed by atoms with van der Waals surface area (Å²) in [5.41, 5.74) is 2.40. The smallest absolute Gasteiger partial charge is 0.122 e. The molecule has 3 nitrogen and oxygen atoms in total. The van der Waals surface area contributed by atoms with Crippen molar-refractivity contribution in [1.82, 2.24) is 9.88 Å². The van der Waals surface area contributed by atoms with E-state index in [9.17, 15) is 0 Å². The molecule has 2 aromatic rings. The quantitative estimate of drug-likeness (QED) is 0.794. The highest BCUT2D eigenvalue weighted by Crippen LogP contribution is 2.15. The van der Waals surface area contributed by atoms with Crippen LogP contribution in [0, 0.1) is 6.92 Å². The summed E-state index contributed by atoms with van der Waals surface area (Å²) < 4.78 is 5.79. The number of benzene rings is 1. The molecule has 3 heteroatoms. The van der Waals surface area contributed by atoms with Crippen molar-refractivity contribution in [2.75, 3.05) is 20.2 Å². The number of para-hydroxylation sites is 1. The molecule has 19 heavy (non-hydrogen) atoms. The summed E-state index contributed by atoms with van der Waals surface area (Å²) in [6, 6.07) is 12.2. The number of hydrogen-bond acceptors (Lipinski definition) is 3. The molecule has 0 bridgehead atoms. The van der Waals surface area contributed by atoms with Crippen LogP contribution < -0.4 is 4.74 Å².